The molecular weight excluding hydrogens is 324 g/mol. The maximum absolute atomic E-state index is 12.4. The molecule has 5 nitrogen and oxygen atoms in total. The zero-order valence-electron chi connectivity index (χ0n) is 13.5. The van der Waals surface area contributed by atoms with Crippen molar-refractivity contribution in [1.82, 2.24) is 10.2 Å². The highest BCUT2D eigenvalue weighted by Crippen LogP contribution is 2.32. The molecule has 24 heavy (non-hydrogen) atoms. The molecule has 4 heterocycles. The standard InChI is InChI=1S/C18H22N2O3S/c21-18(19-10-14-2-1-9-24-14)17-4-3-15-16(23-17)5-7-20(15)11-13-6-8-22-12-13/h1-2,6,8-9,12,15-17H,3-5,7,10-11H2,(H,19,21)/t15-,16-,17-/m1/s1. The molecule has 2 saturated heterocycles. The zero-order chi connectivity index (χ0) is 16.4. The molecule has 128 valence electrons. The Labute approximate surface area is 145 Å². The van der Waals surface area contributed by atoms with E-state index in [9.17, 15) is 4.79 Å². The number of thiophene rings is 1. The number of nitrogens with one attached hydrogen (secondary N) is 1. The number of nitrogens with zero attached hydrogens (tertiary/aromatic N) is 1. The number of furan rings is 1. The summed E-state index contributed by atoms with van der Waals surface area (Å²) in [4.78, 5) is 16.0. The van der Waals surface area contributed by atoms with E-state index in [2.05, 4.69) is 10.2 Å². The van der Waals surface area contributed by atoms with E-state index in [4.69, 9.17) is 9.15 Å². The molecule has 2 aliphatic rings. The molecule has 2 aromatic rings. The summed E-state index contributed by atoms with van der Waals surface area (Å²) >= 11 is 1.66. The minimum Gasteiger partial charge on any atom is -0.472 e. The van der Waals surface area contributed by atoms with Gasteiger partial charge in [0.05, 0.1) is 25.2 Å². The van der Waals surface area contributed by atoms with Crippen molar-refractivity contribution in [2.75, 3.05) is 6.54 Å². The molecule has 0 radical (unpaired) electrons. The minimum atomic E-state index is -0.305. The number of carbonyl (C=O) groups excluding carboxylic acids is 1. The Kier molecular flexibility index (Phi) is 4.69. The Morgan fingerprint density at radius 1 is 1.33 bits per heavy atom. The van der Waals surface area contributed by atoms with Gasteiger partial charge in [-0.2, -0.15) is 0 Å². The van der Waals surface area contributed by atoms with Crippen LogP contribution in [0, 0.1) is 0 Å². The third-order valence-electron chi connectivity index (χ3n) is 4.94. The molecule has 0 spiro atoms. The third kappa shape index (κ3) is 3.41. The van der Waals surface area contributed by atoms with E-state index < -0.39 is 0 Å². The van der Waals surface area contributed by atoms with Crippen LogP contribution in [-0.4, -0.2) is 35.6 Å². The van der Waals surface area contributed by atoms with Gasteiger partial charge in [0.15, 0.2) is 0 Å². The molecule has 6 heteroatoms. The van der Waals surface area contributed by atoms with Crippen LogP contribution in [-0.2, 0) is 22.6 Å². The number of fused-ring (bicyclic) bond motifs is 1. The zero-order valence-corrected chi connectivity index (χ0v) is 14.3. The fraction of sp³-hybridized carbons (Fsp3) is 0.500. The second-order valence-electron chi connectivity index (χ2n) is 6.50. The van der Waals surface area contributed by atoms with Crippen LogP contribution in [0.1, 0.15) is 29.7 Å². The molecule has 0 aromatic carbocycles. The first kappa shape index (κ1) is 15.9. The largest absolute Gasteiger partial charge is 0.472 e. The summed E-state index contributed by atoms with van der Waals surface area (Å²) in [6, 6.07) is 6.47. The molecule has 1 N–H and O–H groups in total. The average Bonchev–Trinajstić information content (AvgIpc) is 3.35. The molecule has 3 atom stereocenters. The van der Waals surface area contributed by atoms with Crippen LogP contribution in [0.2, 0.25) is 0 Å². The van der Waals surface area contributed by atoms with Gasteiger partial charge in [0, 0.05) is 29.6 Å². The molecule has 0 unspecified atom stereocenters. The molecule has 2 fully saturated rings. The first-order valence-corrected chi connectivity index (χ1v) is 9.38. The fourth-order valence-corrected chi connectivity index (χ4v) is 4.37. The molecule has 0 saturated carbocycles. The highest BCUT2D eigenvalue weighted by molar-refractivity contribution is 7.09. The fourth-order valence-electron chi connectivity index (χ4n) is 3.72. The lowest BCUT2D eigenvalue weighted by Gasteiger charge is -2.35. The summed E-state index contributed by atoms with van der Waals surface area (Å²) in [7, 11) is 0. The van der Waals surface area contributed by atoms with Gasteiger partial charge in [-0.1, -0.05) is 6.07 Å². The molecule has 4 rings (SSSR count). The van der Waals surface area contributed by atoms with E-state index in [-0.39, 0.29) is 18.1 Å². The van der Waals surface area contributed by atoms with Crippen LogP contribution >= 0.6 is 11.3 Å². The molecule has 0 bridgehead atoms. The maximum atomic E-state index is 12.4. The van der Waals surface area contributed by atoms with Crippen LogP contribution in [0.3, 0.4) is 0 Å². The van der Waals surface area contributed by atoms with E-state index in [0.29, 0.717) is 12.6 Å². The van der Waals surface area contributed by atoms with Gasteiger partial charge in [-0.05, 0) is 36.8 Å². The van der Waals surface area contributed by atoms with Crippen molar-refractivity contribution >= 4 is 17.2 Å². The summed E-state index contributed by atoms with van der Waals surface area (Å²) in [5.74, 6) is 0.0233. The number of hydrogen-bond acceptors (Lipinski definition) is 5. The van der Waals surface area contributed by atoms with E-state index >= 15 is 0 Å². The Hall–Kier alpha value is -1.63. The summed E-state index contributed by atoms with van der Waals surface area (Å²) in [5, 5.41) is 5.03. The Balaban J connectivity index is 1.29. The Morgan fingerprint density at radius 3 is 3.08 bits per heavy atom. The second-order valence-corrected chi connectivity index (χ2v) is 7.53. The summed E-state index contributed by atoms with van der Waals surface area (Å²) < 4.78 is 11.3. The van der Waals surface area contributed by atoms with Crippen molar-refractivity contribution < 1.29 is 13.9 Å². The lowest BCUT2D eigenvalue weighted by Crippen LogP contribution is -2.47. The van der Waals surface area contributed by atoms with Gasteiger partial charge < -0.3 is 14.5 Å². The van der Waals surface area contributed by atoms with E-state index in [1.54, 1.807) is 23.9 Å². The first-order valence-electron chi connectivity index (χ1n) is 8.50. The van der Waals surface area contributed by atoms with Crippen molar-refractivity contribution in [3.63, 3.8) is 0 Å². The van der Waals surface area contributed by atoms with Gasteiger partial charge in [-0.15, -0.1) is 11.3 Å². The molecule has 1 amide bonds. The van der Waals surface area contributed by atoms with Gasteiger partial charge in [0.2, 0.25) is 5.91 Å². The molecular formula is C18H22N2O3S. The first-order chi connectivity index (χ1) is 11.8. The average molecular weight is 346 g/mol. The number of carbonyl (C=O) groups is 1. The van der Waals surface area contributed by atoms with Crippen LogP contribution in [0.4, 0.5) is 0 Å². The molecule has 2 aromatic heterocycles. The predicted octanol–water partition coefficient (Wildman–Crippen LogP) is 2.78. The number of ether oxygens (including phenoxy) is 1. The second kappa shape index (κ2) is 7.09. The lowest BCUT2D eigenvalue weighted by molar-refractivity contribution is -0.144. The predicted molar refractivity (Wildman–Crippen MR) is 91.6 cm³/mol. The topological polar surface area (TPSA) is 54.7 Å². The van der Waals surface area contributed by atoms with Crippen molar-refractivity contribution in [3.8, 4) is 0 Å². The van der Waals surface area contributed by atoms with E-state index in [1.165, 1.54) is 10.4 Å². The normalized spacial score (nSPS) is 27.1. The number of amides is 1. The van der Waals surface area contributed by atoms with Gasteiger partial charge in [0.1, 0.15) is 6.10 Å². The SMILES string of the molecule is O=C(NCc1cccs1)[C@H]1CC[C@@H]2[C@@H](CCN2Cc2ccoc2)O1. The van der Waals surface area contributed by atoms with Crippen LogP contribution in [0.25, 0.3) is 0 Å². The summed E-state index contributed by atoms with van der Waals surface area (Å²) in [5.41, 5.74) is 1.20. The van der Waals surface area contributed by atoms with Gasteiger partial charge >= 0.3 is 0 Å². The van der Waals surface area contributed by atoms with E-state index in [1.807, 2.05) is 23.6 Å². The lowest BCUT2D eigenvalue weighted by atomic mass is 9.98. The smallest absolute Gasteiger partial charge is 0.249 e. The van der Waals surface area contributed by atoms with Crippen LogP contribution in [0.15, 0.2) is 40.5 Å². The van der Waals surface area contributed by atoms with Crippen LogP contribution in [0.5, 0.6) is 0 Å². The van der Waals surface area contributed by atoms with Crippen LogP contribution < -0.4 is 5.32 Å². The third-order valence-corrected chi connectivity index (χ3v) is 5.81. The van der Waals surface area contributed by atoms with Crippen molar-refractivity contribution in [1.29, 1.82) is 0 Å². The summed E-state index contributed by atoms with van der Waals surface area (Å²) in [6.45, 7) is 2.51. The highest BCUT2D eigenvalue weighted by Gasteiger charge is 2.41. The monoisotopic (exact) mass is 346 g/mol. The van der Waals surface area contributed by atoms with Crippen molar-refractivity contribution in [3.05, 3.63) is 46.5 Å². The molecule has 2 aliphatic heterocycles. The van der Waals surface area contributed by atoms with Gasteiger partial charge in [-0.3, -0.25) is 9.69 Å². The Bertz CT molecular complexity index is 656. The van der Waals surface area contributed by atoms with Gasteiger partial charge in [0.25, 0.3) is 0 Å². The minimum absolute atomic E-state index is 0.0233. The van der Waals surface area contributed by atoms with Gasteiger partial charge in [-0.25, -0.2) is 0 Å². The molecule has 0 aliphatic carbocycles. The maximum Gasteiger partial charge on any atom is 0.249 e. The Morgan fingerprint density at radius 2 is 2.29 bits per heavy atom. The highest BCUT2D eigenvalue weighted by atomic mass is 32.1. The quantitative estimate of drug-likeness (QED) is 0.904. The number of likely N-dealkylation sites (tertiary alicyclic amines) is 1. The van der Waals surface area contributed by atoms with Crippen molar-refractivity contribution in [2.24, 2.45) is 0 Å². The van der Waals surface area contributed by atoms with Crippen molar-refractivity contribution in [2.45, 2.75) is 50.6 Å². The number of hydrogen-bond donors (Lipinski definition) is 1. The summed E-state index contributed by atoms with van der Waals surface area (Å²) in [6.07, 6.45) is 6.19. The number of rotatable bonds is 5. The van der Waals surface area contributed by atoms with E-state index in [0.717, 1.165) is 32.4 Å².